The normalized spacial score (nSPS) is 12.8. The second-order valence-corrected chi connectivity index (χ2v) is 10.4. The molecule has 206 valence electrons. The number of amides is 1. The van der Waals surface area contributed by atoms with Crippen LogP contribution in [0.2, 0.25) is 5.02 Å². The fraction of sp³-hybridized carbons (Fsp3) is 0.222. The summed E-state index contributed by atoms with van der Waals surface area (Å²) in [6, 6.07) is 7.45. The molecule has 0 aliphatic rings. The van der Waals surface area contributed by atoms with Gasteiger partial charge in [0.05, 0.1) is 53.2 Å². The number of halogens is 2. The Balaban J connectivity index is 1.45. The van der Waals surface area contributed by atoms with Gasteiger partial charge in [0, 0.05) is 28.1 Å². The molecule has 0 aliphatic heterocycles. The number of aliphatic hydroxyl groups is 1. The predicted molar refractivity (Wildman–Crippen MR) is 150 cm³/mol. The number of thiazole rings is 1. The molecule has 0 fully saturated rings. The topological polar surface area (TPSA) is 131 Å². The van der Waals surface area contributed by atoms with Crippen molar-refractivity contribution >= 4 is 55.8 Å². The van der Waals surface area contributed by atoms with E-state index >= 15 is 4.39 Å². The molecule has 10 nitrogen and oxygen atoms in total. The summed E-state index contributed by atoms with van der Waals surface area (Å²) in [6.07, 6.45) is 2.18. The molecule has 2 N–H and O–H groups in total. The first-order chi connectivity index (χ1) is 19.2. The molecule has 0 saturated carbocycles. The molecule has 0 spiro atoms. The molecular weight excluding hydrogens is 561 g/mol. The zero-order valence-electron chi connectivity index (χ0n) is 21.5. The smallest absolute Gasteiger partial charge is 0.412 e. The summed E-state index contributed by atoms with van der Waals surface area (Å²) in [4.78, 5) is 30.1. The molecule has 1 amide bonds. The number of aromatic nitrogens is 4. The highest BCUT2D eigenvalue weighted by Gasteiger charge is 2.29. The third-order valence-corrected chi connectivity index (χ3v) is 7.62. The number of hydrogen-bond acceptors (Lipinski definition) is 9. The van der Waals surface area contributed by atoms with Crippen molar-refractivity contribution in [2.75, 3.05) is 12.0 Å². The van der Waals surface area contributed by atoms with E-state index in [1.54, 1.807) is 45.4 Å². The first kappa shape index (κ1) is 27.4. The zero-order valence-corrected chi connectivity index (χ0v) is 23.1. The minimum absolute atomic E-state index is 0.0434. The number of benzene rings is 2. The summed E-state index contributed by atoms with van der Waals surface area (Å²) in [5.74, 6) is 0.0674. The van der Waals surface area contributed by atoms with Crippen molar-refractivity contribution in [1.82, 2.24) is 19.9 Å². The van der Waals surface area contributed by atoms with Crippen LogP contribution in [-0.4, -0.2) is 55.5 Å². The van der Waals surface area contributed by atoms with Gasteiger partial charge in [-0.2, -0.15) is 0 Å². The number of carboxylic acid groups (broad SMARTS) is 1. The molecule has 5 aromatic rings. The van der Waals surface area contributed by atoms with E-state index in [0.29, 0.717) is 37.1 Å². The van der Waals surface area contributed by atoms with Crippen LogP contribution in [0.1, 0.15) is 19.7 Å². The van der Waals surface area contributed by atoms with Gasteiger partial charge in [0.15, 0.2) is 17.4 Å². The van der Waals surface area contributed by atoms with Crippen molar-refractivity contribution in [2.45, 2.75) is 32.6 Å². The number of pyridine rings is 1. The molecule has 2 aromatic carbocycles. The Labute approximate surface area is 236 Å². The van der Waals surface area contributed by atoms with Gasteiger partial charge in [-0.1, -0.05) is 11.6 Å². The molecule has 0 aliphatic carbocycles. The molecule has 0 unspecified atom stereocenters. The van der Waals surface area contributed by atoms with E-state index in [0.717, 1.165) is 10.3 Å². The maximum atomic E-state index is 15.1. The molecule has 3 aromatic heterocycles. The molecule has 13 heteroatoms. The Morgan fingerprint density at radius 1 is 1.12 bits per heavy atom. The van der Waals surface area contributed by atoms with Crippen molar-refractivity contribution in [3.05, 3.63) is 65.6 Å². The quantitative estimate of drug-likeness (QED) is 0.228. The van der Waals surface area contributed by atoms with Gasteiger partial charge in [-0.25, -0.2) is 24.1 Å². The first-order valence-corrected chi connectivity index (χ1v) is 13.2. The monoisotopic (exact) mass is 583 g/mol. The first-order valence-electron chi connectivity index (χ1n) is 12.0. The molecule has 2 atom stereocenters. The Hall–Kier alpha value is -4.13. The van der Waals surface area contributed by atoms with Crippen LogP contribution in [0.3, 0.4) is 0 Å². The molecule has 0 bridgehead atoms. The van der Waals surface area contributed by atoms with Gasteiger partial charge in [0.25, 0.3) is 0 Å². The number of ether oxygens (including phenoxy) is 2. The van der Waals surface area contributed by atoms with Gasteiger partial charge in [-0.05, 0) is 32.0 Å². The summed E-state index contributed by atoms with van der Waals surface area (Å²) >= 11 is 7.70. The molecule has 40 heavy (non-hydrogen) atoms. The maximum Gasteiger partial charge on any atom is 0.412 e. The number of carbonyl (C=O) groups is 1. The molecule has 0 radical (unpaired) electrons. The van der Waals surface area contributed by atoms with Gasteiger partial charge < -0.3 is 19.7 Å². The number of nitrogens with zero attached hydrogens (tertiary/aromatic N) is 5. The van der Waals surface area contributed by atoms with Gasteiger partial charge >= 0.3 is 6.09 Å². The highest BCUT2D eigenvalue weighted by atomic mass is 35.5. The van der Waals surface area contributed by atoms with Crippen LogP contribution < -0.4 is 14.4 Å². The Kier molecular flexibility index (Phi) is 7.66. The summed E-state index contributed by atoms with van der Waals surface area (Å²) in [5, 5.41) is 20.9. The van der Waals surface area contributed by atoms with Crippen LogP contribution >= 0.6 is 22.9 Å². The van der Waals surface area contributed by atoms with Crippen molar-refractivity contribution < 1.29 is 28.9 Å². The molecular formula is C27H23ClFN5O5S. The van der Waals surface area contributed by atoms with E-state index in [4.69, 9.17) is 26.2 Å². The van der Waals surface area contributed by atoms with Crippen LogP contribution in [0.15, 0.2) is 48.9 Å². The van der Waals surface area contributed by atoms with Gasteiger partial charge in [0.2, 0.25) is 0 Å². The maximum absolute atomic E-state index is 15.1. The lowest BCUT2D eigenvalue weighted by Gasteiger charge is -2.30. The minimum Gasteiger partial charge on any atom is -0.495 e. The van der Waals surface area contributed by atoms with Crippen molar-refractivity contribution in [3.8, 4) is 22.1 Å². The van der Waals surface area contributed by atoms with Gasteiger partial charge in [-0.15, -0.1) is 11.3 Å². The summed E-state index contributed by atoms with van der Waals surface area (Å²) in [6.45, 7) is 2.90. The van der Waals surface area contributed by atoms with Crippen LogP contribution in [0.25, 0.3) is 31.7 Å². The zero-order chi connectivity index (χ0) is 28.6. The van der Waals surface area contributed by atoms with Crippen LogP contribution in [0.4, 0.5) is 14.9 Å². The largest absolute Gasteiger partial charge is 0.495 e. The van der Waals surface area contributed by atoms with Crippen molar-refractivity contribution in [2.24, 2.45) is 0 Å². The lowest BCUT2D eigenvalue weighted by atomic mass is 10.1. The highest BCUT2D eigenvalue weighted by Crippen LogP contribution is 2.38. The van der Waals surface area contributed by atoms with Crippen LogP contribution in [0, 0.1) is 5.82 Å². The number of hydrogen-bond donors (Lipinski definition) is 2. The van der Waals surface area contributed by atoms with E-state index in [-0.39, 0.29) is 23.9 Å². The average Bonchev–Trinajstić information content (AvgIpc) is 3.35. The fourth-order valence-electron chi connectivity index (χ4n) is 4.19. The molecule has 3 heterocycles. The Bertz CT molecular complexity index is 1720. The van der Waals surface area contributed by atoms with Crippen LogP contribution in [-0.2, 0) is 6.61 Å². The third-order valence-electron chi connectivity index (χ3n) is 6.35. The van der Waals surface area contributed by atoms with E-state index < -0.39 is 24.1 Å². The van der Waals surface area contributed by atoms with Crippen molar-refractivity contribution in [1.29, 1.82) is 0 Å². The highest BCUT2D eigenvalue weighted by molar-refractivity contribution is 7.21. The predicted octanol–water partition coefficient (Wildman–Crippen LogP) is 5.94. The van der Waals surface area contributed by atoms with Crippen molar-refractivity contribution in [3.63, 3.8) is 0 Å². The lowest BCUT2D eigenvalue weighted by molar-refractivity contribution is 0.167. The second-order valence-electron chi connectivity index (χ2n) is 8.90. The summed E-state index contributed by atoms with van der Waals surface area (Å²) in [5.41, 5.74) is 1.99. The second kappa shape index (κ2) is 11.2. The minimum atomic E-state index is -1.26. The molecule has 0 saturated heterocycles. The third kappa shape index (κ3) is 5.33. The Morgan fingerprint density at radius 3 is 2.55 bits per heavy atom. The standard InChI is InChI=1S/C27H23ClFN5O5S/c1-13(34(27(36)37)17-9-30-24(12-35)31-10-17)14(2)39-22-8-23-21(7-20(22)29)33-26(40-23)19-6-16(28)4-15-5-18(38-3)11-32-25(15)19/h4-11,13-14,35H,12H2,1-3H3,(H,36,37)/t13-,14+/m1/s1. The number of anilines is 1. The number of aliphatic hydroxyl groups excluding tert-OH is 1. The summed E-state index contributed by atoms with van der Waals surface area (Å²) in [7, 11) is 1.56. The van der Waals surface area contributed by atoms with Gasteiger partial charge in [-0.3, -0.25) is 9.88 Å². The van der Waals surface area contributed by atoms with Gasteiger partial charge in [0.1, 0.15) is 23.5 Å². The summed E-state index contributed by atoms with van der Waals surface area (Å²) < 4.78 is 27.0. The lowest BCUT2D eigenvalue weighted by Crippen LogP contribution is -2.46. The average molecular weight is 584 g/mol. The molecule has 5 rings (SSSR count). The van der Waals surface area contributed by atoms with E-state index in [1.807, 2.05) is 6.07 Å². The van der Waals surface area contributed by atoms with E-state index in [1.165, 1.54) is 29.8 Å². The van der Waals surface area contributed by atoms with E-state index in [9.17, 15) is 9.90 Å². The van der Waals surface area contributed by atoms with E-state index in [2.05, 4.69) is 19.9 Å². The number of methoxy groups -OCH3 is 1. The van der Waals surface area contributed by atoms with Crippen LogP contribution in [0.5, 0.6) is 11.5 Å². The SMILES string of the molecule is COc1cnc2c(-c3nc4cc(F)c(O[C@@H](C)[C@@H](C)N(C(=O)O)c5cnc(CO)nc5)cc4s3)cc(Cl)cc2c1. The fourth-order valence-corrected chi connectivity index (χ4v) is 5.41. The Morgan fingerprint density at radius 2 is 1.88 bits per heavy atom. The number of fused-ring (bicyclic) bond motifs is 2. The number of rotatable bonds is 8.